The summed E-state index contributed by atoms with van der Waals surface area (Å²) >= 11 is 0. The van der Waals surface area contributed by atoms with Crippen LogP contribution in [0.5, 0.6) is 0 Å². The van der Waals surface area contributed by atoms with Crippen LogP contribution in [-0.2, 0) is 9.53 Å². The Balaban J connectivity index is 1.97. The Hall–Kier alpha value is -2.82. The van der Waals surface area contributed by atoms with E-state index in [1.54, 1.807) is 32.3 Å². The maximum Gasteiger partial charge on any atom is 0.340 e. The maximum absolute atomic E-state index is 12.1. The van der Waals surface area contributed by atoms with Gasteiger partial charge >= 0.3 is 5.97 Å². The second-order valence-electron chi connectivity index (χ2n) is 4.66. The lowest BCUT2D eigenvalue weighted by molar-refractivity contribution is -0.121. The minimum Gasteiger partial charge on any atom is -0.452 e. The average molecular weight is 298 g/mol. The van der Waals surface area contributed by atoms with E-state index in [1.807, 2.05) is 36.4 Å². The van der Waals surface area contributed by atoms with Crippen molar-refractivity contribution in [3.05, 3.63) is 60.2 Å². The second-order valence-corrected chi connectivity index (χ2v) is 4.66. The number of hydrogen-bond donors (Lipinski definition) is 1. The highest BCUT2D eigenvalue weighted by molar-refractivity contribution is 5.99. The largest absolute Gasteiger partial charge is 0.452 e. The monoisotopic (exact) mass is 298 g/mol. The van der Waals surface area contributed by atoms with Crippen LogP contribution in [0.3, 0.4) is 0 Å². The molecule has 0 aliphatic heterocycles. The van der Waals surface area contributed by atoms with Crippen LogP contribution in [0.25, 0.3) is 0 Å². The first-order valence-corrected chi connectivity index (χ1v) is 6.89. The van der Waals surface area contributed by atoms with Gasteiger partial charge in [0.25, 0.3) is 5.91 Å². The fourth-order valence-electron chi connectivity index (χ4n) is 1.98. The van der Waals surface area contributed by atoms with Crippen molar-refractivity contribution < 1.29 is 14.3 Å². The molecule has 0 spiro atoms. The topological polar surface area (TPSA) is 58.6 Å². The molecule has 114 valence electrons. The summed E-state index contributed by atoms with van der Waals surface area (Å²) in [6.45, 7) is -0.303. The van der Waals surface area contributed by atoms with Gasteiger partial charge in [-0.15, -0.1) is 0 Å². The highest BCUT2D eigenvalue weighted by Crippen LogP contribution is 2.16. The number of carbonyl (C=O) groups is 2. The van der Waals surface area contributed by atoms with Crippen LogP contribution in [0, 0.1) is 0 Å². The molecule has 0 heterocycles. The van der Waals surface area contributed by atoms with Gasteiger partial charge < -0.3 is 15.0 Å². The molecule has 5 nitrogen and oxygen atoms in total. The predicted molar refractivity (Wildman–Crippen MR) is 86.1 cm³/mol. The van der Waals surface area contributed by atoms with Gasteiger partial charge in [0.2, 0.25) is 0 Å². The Labute approximate surface area is 129 Å². The number of hydrogen-bond acceptors (Lipinski definition) is 4. The summed E-state index contributed by atoms with van der Waals surface area (Å²) in [6, 6.07) is 16.2. The Morgan fingerprint density at radius 3 is 2.36 bits per heavy atom. The summed E-state index contributed by atoms with van der Waals surface area (Å²) in [5, 5.41) is 2.92. The smallest absolute Gasteiger partial charge is 0.340 e. The summed E-state index contributed by atoms with van der Waals surface area (Å²) < 4.78 is 5.10. The lowest BCUT2D eigenvalue weighted by Gasteiger charge is -2.17. The molecule has 1 amide bonds. The van der Waals surface area contributed by atoms with Crippen molar-refractivity contribution in [1.29, 1.82) is 0 Å². The highest BCUT2D eigenvalue weighted by atomic mass is 16.5. The first-order valence-electron chi connectivity index (χ1n) is 6.89. The molecule has 0 fully saturated rings. The lowest BCUT2D eigenvalue weighted by Crippen LogP contribution is -2.31. The first kappa shape index (κ1) is 15.6. The van der Waals surface area contributed by atoms with Crippen molar-refractivity contribution in [2.45, 2.75) is 0 Å². The summed E-state index contributed by atoms with van der Waals surface area (Å²) in [7, 11) is 3.37. The third-order valence-corrected chi connectivity index (χ3v) is 3.26. The molecule has 0 saturated heterocycles. The second kappa shape index (κ2) is 7.26. The number of rotatable bonds is 5. The molecule has 2 rings (SSSR count). The van der Waals surface area contributed by atoms with Gasteiger partial charge in [0.1, 0.15) is 0 Å². The molecule has 2 aromatic carbocycles. The number of carbonyl (C=O) groups excluding carboxylic acids is 2. The van der Waals surface area contributed by atoms with Gasteiger partial charge in [-0.1, -0.05) is 30.3 Å². The fraction of sp³-hybridized carbons (Fsp3) is 0.176. The van der Waals surface area contributed by atoms with Gasteiger partial charge in [-0.25, -0.2) is 4.79 Å². The molecule has 0 bridgehead atoms. The van der Waals surface area contributed by atoms with Crippen molar-refractivity contribution in [1.82, 2.24) is 0 Å². The highest BCUT2D eigenvalue weighted by Gasteiger charge is 2.16. The molecule has 0 aliphatic carbocycles. The van der Waals surface area contributed by atoms with Gasteiger partial charge in [-0.2, -0.15) is 0 Å². The summed E-state index contributed by atoms with van der Waals surface area (Å²) in [4.78, 5) is 25.6. The van der Waals surface area contributed by atoms with Crippen LogP contribution < -0.4 is 10.2 Å². The molecule has 2 aromatic rings. The molecule has 0 aliphatic rings. The standard InChI is InChI=1S/C17H18N2O3/c1-18-15-11-7-6-10-14(15)17(21)22-12-16(20)19(2)13-8-4-3-5-9-13/h3-11,18H,12H2,1-2H3. The van der Waals surface area contributed by atoms with E-state index in [9.17, 15) is 9.59 Å². The zero-order valence-corrected chi connectivity index (χ0v) is 12.6. The van der Waals surface area contributed by atoms with E-state index < -0.39 is 5.97 Å². The molecule has 5 heteroatoms. The summed E-state index contributed by atoms with van der Waals surface area (Å²) in [5.74, 6) is -0.818. The molecule has 0 aromatic heterocycles. The van der Waals surface area contributed by atoms with Crippen molar-refractivity contribution in [2.24, 2.45) is 0 Å². The number of esters is 1. The van der Waals surface area contributed by atoms with E-state index in [0.29, 0.717) is 11.3 Å². The third kappa shape index (κ3) is 3.63. The quantitative estimate of drug-likeness (QED) is 0.862. The van der Waals surface area contributed by atoms with Crippen LogP contribution in [0.2, 0.25) is 0 Å². The molecule has 0 unspecified atom stereocenters. The predicted octanol–water partition coefficient (Wildman–Crippen LogP) is 2.55. The van der Waals surface area contributed by atoms with Crippen molar-refractivity contribution in [2.75, 3.05) is 30.9 Å². The van der Waals surface area contributed by atoms with E-state index >= 15 is 0 Å². The van der Waals surface area contributed by atoms with Crippen LogP contribution in [0.1, 0.15) is 10.4 Å². The van der Waals surface area contributed by atoms with E-state index in [2.05, 4.69) is 5.32 Å². The normalized spacial score (nSPS) is 9.91. The van der Waals surface area contributed by atoms with Crippen LogP contribution >= 0.6 is 0 Å². The summed E-state index contributed by atoms with van der Waals surface area (Å²) in [6.07, 6.45) is 0. The number of para-hydroxylation sites is 2. The van der Waals surface area contributed by atoms with Crippen molar-refractivity contribution >= 4 is 23.3 Å². The van der Waals surface area contributed by atoms with E-state index in [0.717, 1.165) is 5.69 Å². The van der Waals surface area contributed by atoms with Crippen LogP contribution in [-0.4, -0.2) is 32.6 Å². The number of nitrogens with one attached hydrogen (secondary N) is 1. The van der Waals surface area contributed by atoms with Crippen molar-refractivity contribution in [3.63, 3.8) is 0 Å². The van der Waals surface area contributed by atoms with E-state index in [1.165, 1.54) is 4.90 Å². The number of anilines is 2. The van der Waals surface area contributed by atoms with Gasteiger partial charge in [0.05, 0.1) is 5.56 Å². The van der Waals surface area contributed by atoms with E-state index in [4.69, 9.17) is 4.74 Å². The molecular weight excluding hydrogens is 280 g/mol. The van der Waals surface area contributed by atoms with Gasteiger partial charge in [0, 0.05) is 25.5 Å². The average Bonchev–Trinajstić information content (AvgIpc) is 2.59. The molecule has 0 saturated carbocycles. The number of ether oxygens (including phenoxy) is 1. The van der Waals surface area contributed by atoms with Crippen LogP contribution in [0.15, 0.2) is 54.6 Å². The van der Waals surface area contributed by atoms with Crippen molar-refractivity contribution in [3.8, 4) is 0 Å². The Morgan fingerprint density at radius 2 is 1.68 bits per heavy atom. The van der Waals surface area contributed by atoms with Gasteiger partial charge in [-0.05, 0) is 24.3 Å². The molecule has 0 atom stereocenters. The van der Waals surface area contributed by atoms with Gasteiger partial charge in [0.15, 0.2) is 6.61 Å². The Morgan fingerprint density at radius 1 is 1.05 bits per heavy atom. The summed E-state index contributed by atoms with van der Waals surface area (Å²) in [5.41, 5.74) is 1.82. The van der Waals surface area contributed by atoms with E-state index in [-0.39, 0.29) is 12.5 Å². The third-order valence-electron chi connectivity index (χ3n) is 3.26. The zero-order valence-electron chi connectivity index (χ0n) is 12.6. The number of nitrogens with zero attached hydrogens (tertiary/aromatic N) is 1. The fourth-order valence-corrected chi connectivity index (χ4v) is 1.98. The molecular formula is C17H18N2O3. The molecule has 0 radical (unpaired) electrons. The number of amides is 1. The number of benzene rings is 2. The van der Waals surface area contributed by atoms with Crippen LogP contribution in [0.4, 0.5) is 11.4 Å². The molecule has 1 N–H and O–H groups in total. The first-order chi connectivity index (χ1) is 10.6. The molecule has 22 heavy (non-hydrogen) atoms. The minimum absolute atomic E-state index is 0.290. The SMILES string of the molecule is CNc1ccccc1C(=O)OCC(=O)N(C)c1ccccc1. The Kier molecular flexibility index (Phi) is 5.14. The lowest BCUT2D eigenvalue weighted by atomic mass is 10.2. The zero-order chi connectivity index (χ0) is 15.9. The Bertz CT molecular complexity index is 656. The maximum atomic E-state index is 12.1. The number of likely N-dealkylation sites (N-methyl/N-ethyl adjacent to an activating group) is 1. The minimum atomic E-state index is -0.528. The van der Waals surface area contributed by atoms with Gasteiger partial charge in [-0.3, -0.25) is 4.79 Å².